The highest BCUT2D eigenvalue weighted by atomic mass is 16.5. The molecule has 0 saturated heterocycles. The van der Waals surface area contributed by atoms with Crippen LogP contribution in [-0.2, 0) is 6.42 Å². The average molecular weight is 265 g/mol. The molecule has 20 heavy (non-hydrogen) atoms. The zero-order chi connectivity index (χ0) is 13.9. The van der Waals surface area contributed by atoms with E-state index in [0.717, 1.165) is 22.0 Å². The van der Waals surface area contributed by atoms with E-state index in [9.17, 15) is 5.11 Å². The smallest absolute Gasteiger partial charge is 0.164 e. The van der Waals surface area contributed by atoms with Crippen molar-refractivity contribution < 1.29 is 9.84 Å². The first kappa shape index (κ1) is 12.5. The zero-order valence-corrected chi connectivity index (χ0v) is 11.2. The summed E-state index contributed by atoms with van der Waals surface area (Å²) in [4.78, 5) is 4.47. The second-order valence-electron chi connectivity index (χ2n) is 4.63. The van der Waals surface area contributed by atoms with Crippen LogP contribution in [0.15, 0.2) is 54.7 Å². The molecule has 0 saturated carbocycles. The zero-order valence-electron chi connectivity index (χ0n) is 11.2. The number of nitrogens with zero attached hydrogens (tertiary/aromatic N) is 1. The van der Waals surface area contributed by atoms with Crippen LogP contribution in [0.5, 0.6) is 11.5 Å². The van der Waals surface area contributed by atoms with E-state index in [1.807, 2.05) is 36.5 Å². The molecule has 1 aromatic heterocycles. The number of para-hydroxylation sites is 1. The van der Waals surface area contributed by atoms with Crippen molar-refractivity contribution in [3.8, 4) is 11.5 Å². The Kier molecular flexibility index (Phi) is 3.25. The molecule has 0 aliphatic rings. The van der Waals surface area contributed by atoms with Crippen LogP contribution in [-0.4, -0.2) is 17.2 Å². The summed E-state index contributed by atoms with van der Waals surface area (Å²) in [6, 6.07) is 15.5. The summed E-state index contributed by atoms with van der Waals surface area (Å²) in [5.74, 6) is 0.674. The van der Waals surface area contributed by atoms with Gasteiger partial charge in [0.05, 0.1) is 12.8 Å². The molecule has 0 aliphatic heterocycles. The first-order chi connectivity index (χ1) is 9.79. The number of aromatic nitrogens is 1. The monoisotopic (exact) mass is 265 g/mol. The van der Waals surface area contributed by atoms with Crippen LogP contribution in [0.1, 0.15) is 11.3 Å². The molecule has 0 unspecified atom stereocenters. The van der Waals surface area contributed by atoms with Crippen LogP contribution in [0, 0.1) is 0 Å². The van der Waals surface area contributed by atoms with Gasteiger partial charge < -0.3 is 9.84 Å². The number of phenols is 1. The van der Waals surface area contributed by atoms with Gasteiger partial charge in [0.2, 0.25) is 0 Å². The highest BCUT2D eigenvalue weighted by molar-refractivity contribution is 5.84. The molecule has 0 amide bonds. The van der Waals surface area contributed by atoms with Gasteiger partial charge in [0.25, 0.3) is 0 Å². The average Bonchev–Trinajstić information content (AvgIpc) is 2.48. The fraction of sp³-hybridized carbons (Fsp3) is 0.118. The summed E-state index contributed by atoms with van der Waals surface area (Å²) in [7, 11) is 1.56. The van der Waals surface area contributed by atoms with E-state index in [4.69, 9.17) is 4.74 Å². The standard InChI is InChI=1S/C17H15NO2/c1-20-17-13(6-4-8-16(17)19)11-15-14-7-3-2-5-12(14)9-10-18-15/h2-10,19H,11H2,1H3. The molecular formula is C17H15NO2. The molecule has 3 aromatic rings. The summed E-state index contributed by atoms with van der Waals surface area (Å²) >= 11 is 0. The summed E-state index contributed by atoms with van der Waals surface area (Å²) in [6.07, 6.45) is 2.44. The van der Waals surface area contributed by atoms with Crippen molar-refractivity contribution in [3.05, 3.63) is 66.0 Å². The third-order valence-electron chi connectivity index (χ3n) is 3.39. The topological polar surface area (TPSA) is 42.4 Å². The minimum Gasteiger partial charge on any atom is -0.504 e. The normalized spacial score (nSPS) is 10.7. The lowest BCUT2D eigenvalue weighted by molar-refractivity contribution is 0.370. The summed E-state index contributed by atoms with van der Waals surface area (Å²) < 4.78 is 5.28. The molecule has 0 radical (unpaired) electrons. The lowest BCUT2D eigenvalue weighted by Gasteiger charge is -2.11. The highest BCUT2D eigenvalue weighted by Gasteiger charge is 2.10. The molecule has 0 spiro atoms. The van der Waals surface area contributed by atoms with Gasteiger partial charge in [0.1, 0.15) is 0 Å². The SMILES string of the molecule is COc1c(O)cccc1Cc1nccc2ccccc12. The summed E-state index contributed by atoms with van der Waals surface area (Å²) in [5.41, 5.74) is 1.91. The molecule has 0 bridgehead atoms. The van der Waals surface area contributed by atoms with E-state index in [2.05, 4.69) is 17.1 Å². The first-order valence-electron chi connectivity index (χ1n) is 6.47. The lowest BCUT2D eigenvalue weighted by atomic mass is 10.0. The minimum atomic E-state index is 0.158. The summed E-state index contributed by atoms with van der Waals surface area (Å²) in [6.45, 7) is 0. The van der Waals surface area contributed by atoms with Crippen LogP contribution in [0.2, 0.25) is 0 Å². The lowest BCUT2D eigenvalue weighted by Crippen LogP contribution is -1.97. The molecule has 0 fully saturated rings. The predicted molar refractivity (Wildman–Crippen MR) is 79.2 cm³/mol. The Morgan fingerprint density at radius 1 is 1.05 bits per heavy atom. The number of fused-ring (bicyclic) bond motifs is 1. The third kappa shape index (κ3) is 2.18. The van der Waals surface area contributed by atoms with Gasteiger partial charge in [0, 0.05) is 23.6 Å². The largest absolute Gasteiger partial charge is 0.504 e. The molecule has 2 aromatic carbocycles. The van der Waals surface area contributed by atoms with Crippen molar-refractivity contribution in [2.75, 3.05) is 7.11 Å². The van der Waals surface area contributed by atoms with Gasteiger partial charge in [-0.15, -0.1) is 0 Å². The van der Waals surface area contributed by atoms with Crippen LogP contribution >= 0.6 is 0 Å². The summed E-state index contributed by atoms with van der Waals surface area (Å²) in [5, 5.41) is 12.1. The molecule has 1 N–H and O–H groups in total. The third-order valence-corrected chi connectivity index (χ3v) is 3.39. The predicted octanol–water partition coefficient (Wildman–Crippen LogP) is 3.54. The Hall–Kier alpha value is -2.55. The van der Waals surface area contributed by atoms with Crippen molar-refractivity contribution in [2.24, 2.45) is 0 Å². The molecule has 3 rings (SSSR count). The van der Waals surface area contributed by atoms with Gasteiger partial charge in [-0.2, -0.15) is 0 Å². The second-order valence-corrected chi connectivity index (χ2v) is 4.63. The van der Waals surface area contributed by atoms with Gasteiger partial charge in [-0.3, -0.25) is 4.98 Å². The molecule has 0 aliphatic carbocycles. The van der Waals surface area contributed by atoms with E-state index >= 15 is 0 Å². The molecule has 3 heteroatoms. The van der Waals surface area contributed by atoms with E-state index in [-0.39, 0.29) is 5.75 Å². The van der Waals surface area contributed by atoms with Crippen molar-refractivity contribution in [2.45, 2.75) is 6.42 Å². The number of methoxy groups -OCH3 is 1. The maximum atomic E-state index is 9.84. The minimum absolute atomic E-state index is 0.158. The number of rotatable bonds is 3. The Morgan fingerprint density at radius 2 is 1.90 bits per heavy atom. The van der Waals surface area contributed by atoms with E-state index < -0.39 is 0 Å². The van der Waals surface area contributed by atoms with Crippen molar-refractivity contribution >= 4 is 10.8 Å². The molecule has 1 heterocycles. The van der Waals surface area contributed by atoms with E-state index in [1.165, 1.54) is 0 Å². The van der Waals surface area contributed by atoms with Crippen molar-refractivity contribution in [1.82, 2.24) is 4.98 Å². The number of hydrogen-bond acceptors (Lipinski definition) is 3. The Morgan fingerprint density at radius 3 is 2.75 bits per heavy atom. The number of aromatic hydroxyl groups is 1. The van der Waals surface area contributed by atoms with Crippen LogP contribution in [0.4, 0.5) is 0 Å². The fourth-order valence-electron chi connectivity index (χ4n) is 2.45. The maximum Gasteiger partial charge on any atom is 0.164 e. The number of pyridine rings is 1. The van der Waals surface area contributed by atoms with Gasteiger partial charge >= 0.3 is 0 Å². The molecule has 100 valence electrons. The van der Waals surface area contributed by atoms with Gasteiger partial charge in [-0.1, -0.05) is 36.4 Å². The Balaban J connectivity index is 2.08. The fourth-order valence-corrected chi connectivity index (χ4v) is 2.45. The van der Waals surface area contributed by atoms with Gasteiger partial charge in [-0.25, -0.2) is 0 Å². The molecule has 0 atom stereocenters. The van der Waals surface area contributed by atoms with Crippen LogP contribution in [0.3, 0.4) is 0 Å². The van der Waals surface area contributed by atoms with Gasteiger partial charge in [0.15, 0.2) is 11.5 Å². The van der Waals surface area contributed by atoms with E-state index in [1.54, 1.807) is 13.2 Å². The van der Waals surface area contributed by atoms with E-state index in [0.29, 0.717) is 12.2 Å². The first-order valence-corrected chi connectivity index (χ1v) is 6.47. The Bertz CT molecular complexity index is 748. The van der Waals surface area contributed by atoms with Crippen LogP contribution in [0.25, 0.3) is 10.8 Å². The van der Waals surface area contributed by atoms with Crippen molar-refractivity contribution in [3.63, 3.8) is 0 Å². The maximum absolute atomic E-state index is 9.84. The van der Waals surface area contributed by atoms with Crippen molar-refractivity contribution in [1.29, 1.82) is 0 Å². The van der Waals surface area contributed by atoms with Crippen LogP contribution < -0.4 is 4.74 Å². The number of phenolic OH excluding ortho intramolecular Hbond substituents is 1. The molecule has 3 nitrogen and oxygen atoms in total. The number of ether oxygens (including phenoxy) is 1. The highest BCUT2D eigenvalue weighted by Crippen LogP contribution is 2.31. The number of hydrogen-bond donors (Lipinski definition) is 1. The quantitative estimate of drug-likeness (QED) is 0.787. The number of benzene rings is 2. The van der Waals surface area contributed by atoms with Gasteiger partial charge in [-0.05, 0) is 17.5 Å². The molecular weight excluding hydrogens is 250 g/mol. The Labute approximate surface area is 117 Å². The second kappa shape index (κ2) is 5.21.